The van der Waals surface area contributed by atoms with E-state index in [1.807, 2.05) is 0 Å². The molecular weight excluding hydrogens is 242 g/mol. The van der Waals surface area contributed by atoms with E-state index < -0.39 is 5.72 Å². The zero-order valence-electron chi connectivity index (χ0n) is 11.4. The molecule has 4 rings (SSSR count). The van der Waals surface area contributed by atoms with Gasteiger partial charge in [-0.2, -0.15) is 0 Å². The van der Waals surface area contributed by atoms with Gasteiger partial charge in [0.15, 0.2) is 5.72 Å². The molecule has 1 unspecified atom stereocenters. The minimum Gasteiger partial charge on any atom is -0.440 e. The van der Waals surface area contributed by atoms with Crippen LogP contribution in [0.15, 0.2) is 23.8 Å². The molecule has 104 valence electrons. The topological polar surface area (TPSA) is 58.6 Å². The first-order valence-electron chi connectivity index (χ1n) is 6.98. The van der Waals surface area contributed by atoms with Crippen LogP contribution in [0.5, 0.6) is 0 Å². The van der Waals surface area contributed by atoms with Gasteiger partial charge < -0.3 is 9.84 Å². The van der Waals surface area contributed by atoms with Gasteiger partial charge in [-0.3, -0.25) is 5.32 Å². The van der Waals surface area contributed by atoms with Gasteiger partial charge in [-0.1, -0.05) is 12.7 Å². The van der Waals surface area contributed by atoms with E-state index in [0.717, 1.165) is 37.7 Å². The number of nitrogens with one attached hydrogen (secondary N) is 1. The molecule has 0 aromatic heterocycles. The fourth-order valence-electron chi connectivity index (χ4n) is 3.80. The number of ether oxygens (including phenoxy) is 1. The molecule has 3 atom stereocenters. The minimum absolute atomic E-state index is 0.0254. The molecule has 3 heterocycles. The van der Waals surface area contributed by atoms with E-state index in [-0.39, 0.29) is 24.0 Å². The third kappa shape index (κ3) is 1.94. The molecule has 4 nitrogen and oxygen atoms in total. The zero-order chi connectivity index (χ0) is 13.7. The Hall–Kier alpha value is -1.13. The second-order valence-electron chi connectivity index (χ2n) is 6.32. The number of hydrogen-bond donors (Lipinski definition) is 2. The van der Waals surface area contributed by atoms with Crippen LogP contribution in [-0.2, 0) is 9.53 Å². The van der Waals surface area contributed by atoms with Crippen molar-refractivity contribution in [2.45, 2.75) is 50.3 Å². The largest absolute Gasteiger partial charge is 0.440 e. The summed E-state index contributed by atoms with van der Waals surface area (Å²) < 4.78 is 5.57. The highest BCUT2D eigenvalue weighted by molar-refractivity contribution is 5.91. The molecule has 2 saturated heterocycles. The van der Waals surface area contributed by atoms with E-state index in [1.54, 1.807) is 0 Å². The van der Waals surface area contributed by atoms with Crippen molar-refractivity contribution < 1.29 is 14.6 Å². The first-order valence-corrected chi connectivity index (χ1v) is 6.98. The van der Waals surface area contributed by atoms with Crippen molar-refractivity contribution in [2.75, 3.05) is 6.61 Å². The van der Waals surface area contributed by atoms with Crippen LogP contribution < -0.4 is 5.32 Å². The fraction of sp³-hybridized carbons (Fsp3) is 0.667. The van der Waals surface area contributed by atoms with Crippen molar-refractivity contribution in [3.05, 3.63) is 23.8 Å². The average Bonchev–Trinajstić information content (AvgIpc) is 2.57. The maximum atomic E-state index is 11.8. The summed E-state index contributed by atoms with van der Waals surface area (Å²) in [5, 5.41) is 12.9. The number of rotatable bonds is 1. The van der Waals surface area contributed by atoms with Crippen LogP contribution in [0.1, 0.15) is 39.0 Å². The summed E-state index contributed by atoms with van der Waals surface area (Å²) >= 11 is 0. The molecule has 3 aliphatic heterocycles. The Bertz CT molecular complexity index is 460. The van der Waals surface area contributed by atoms with Crippen molar-refractivity contribution in [2.24, 2.45) is 5.92 Å². The number of allylic oxidation sites excluding steroid dienone is 1. The highest BCUT2D eigenvalue weighted by Crippen LogP contribution is 2.51. The standard InChI is InChI=1S/C15H21NO3/c1-10-12-6-5-11(8-17)4-3-7-14(2)9-15(12,16-14)19-13(10)18/h4,12,16-17H,1,3,5-9H2,2H3/b11-4+/t12-,14?,15+/m0/s1. The molecule has 1 aliphatic carbocycles. The summed E-state index contributed by atoms with van der Waals surface area (Å²) in [6.45, 7) is 6.16. The Morgan fingerprint density at radius 3 is 3.05 bits per heavy atom. The Kier molecular flexibility index (Phi) is 2.84. The predicted octanol–water partition coefficient (Wildman–Crippen LogP) is 1.66. The molecule has 0 saturated carbocycles. The van der Waals surface area contributed by atoms with Crippen molar-refractivity contribution in [1.29, 1.82) is 0 Å². The van der Waals surface area contributed by atoms with Crippen LogP contribution in [-0.4, -0.2) is 28.9 Å². The molecule has 19 heavy (non-hydrogen) atoms. The van der Waals surface area contributed by atoms with E-state index >= 15 is 0 Å². The van der Waals surface area contributed by atoms with Crippen LogP contribution >= 0.6 is 0 Å². The lowest BCUT2D eigenvalue weighted by Gasteiger charge is -2.55. The van der Waals surface area contributed by atoms with Crippen LogP contribution in [0, 0.1) is 5.92 Å². The smallest absolute Gasteiger partial charge is 0.335 e. The normalized spacial score (nSPS) is 44.7. The van der Waals surface area contributed by atoms with E-state index in [4.69, 9.17) is 4.74 Å². The van der Waals surface area contributed by atoms with E-state index in [2.05, 4.69) is 24.9 Å². The summed E-state index contributed by atoms with van der Waals surface area (Å²) in [6, 6.07) is 0. The quantitative estimate of drug-likeness (QED) is 0.429. The number of hydrogen-bond acceptors (Lipinski definition) is 4. The third-order valence-corrected chi connectivity index (χ3v) is 4.77. The summed E-state index contributed by atoms with van der Waals surface area (Å²) in [6.07, 6.45) is 6.55. The first-order chi connectivity index (χ1) is 8.98. The molecule has 2 fully saturated rings. The molecule has 0 amide bonds. The molecule has 0 aromatic rings. The van der Waals surface area contributed by atoms with Gasteiger partial charge in [-0.05, 0) is 38.2 Å². The molecular formula is C15H21NO3. The third-order valence-electron chi connectivity index (χ3n) is 4.77. The maximum absolute atomic E-state index is 11.8. The Labute approximate surface area is 113 Å². The molecule has 2 bridgehead atoms. The van der Waals surface area contributed by atoms with Crippen LogP contribution in [0.4, 0.5) is 0 Å². The van der Waals surface area contributed by atoms with Crippen molar-refractivity contribution in [1.82, 2.24) is 5.32 Å². The molecule has 1 spiro atoms. The average molecular weight is 263 g/mol. The number of fused-ring (bicyclic) bond motifs is 4. The van der Waals surface area contributed by atoms with Crippen molar-refractivity contribution in [3.8, 4) is 0 Å². The molecule has 0 radical (unpaired) electrons. The number of aliphatic hydroxyl groups is 1. The molecule has 4 heteroatoms. The number of aliphatic hydroxyl groups excluding tert-OH is 1. The van der Waals surface area contributed by atoms with E-state index in [0.29, 0.717) is 5.57 Å². The summed E-state index contributed by atoms with van der Waals surface area (Å²) in [5.74, 6) is -0.241. The highest BCUT2D eigenvalue weighted by atomic mass is 16.6. The lowest BCUT2D eigenvalue weighted by atomic mass is 9.69. The molecule has 2 N–H and O–H groups in total. The SMILES string of the molecule is C=C1C(=O)O[C@]23CC(C)(CC/C=C(/CO)CC[C@@H]12)N3. The Morgan fingerprint density at radius 1 is 1.63 bits per heavy atom. The molecule has 0 aromatic carbocycles. The minimum atomic E-state index is -0.527. The van der Waals surface area contributed by atoms with Crippen LogP contribution in [0.2, 0.25) is 0 Å². The molecule has 4 aliphatic rings. The lowest BCUT2D eigenvalue weighted by Crippen LogP contribution is -2.73. The van der Waals surface area contributed by atoms with Gasteiger partial charge in [-0.25, -0.2) is 4.79 Å². The van der Waals surface area contributed by atoms with Gasteiger partial charge in [0.2, 0.25) is 0 Å². The Morgan fingerprint density at radius 2 is 2.37 bits per heavy atom. The number of esters is 1. The van der Waals surface area contributed by atoms with Crippen LogP contribution in [0.25, 0.3) is 0 Å². The summed E-state index contributed by atoms with van der Waals surface area (Å²) in [4.78, 5) is 11.8. The van der Waals surface area contributed by atoms with Gasteiger partial charge in [0.05, 0.1) is 6.61 Å². The maximum Gasteiger partial charge on any atom is 0.335 e. The van der Waals surface area contributed by atoms with Gasteiger partial charge in [0, 0.05) is 23.5 Å². The monoisotopic (exact) mass is 263 g/mol. The van der Waals surface area contributed by atoms with Gasteiger partial charge in [0.1, 0.15) is 0 Å². The summed E-state index contributed by atoms with van der Waals surface area (Å²) in [5.41, 5.74) is 1.14. The summed E-state index contributed by atoms with van der Waals surface area (Å²) in [7, 11) is 0. The number of carbonyl (C=O) groups excluding carboxylic acids is 1. The highest BCUT2D eigenvalue weighted by Gasteiger charge is 2.62. The van der Waals surface area contributed by atoms with Gasteiger partial charge in [0.25, 0.3) is 0 Å². The predicted molar refractivity (Wildman–Crippen MR) is 71.2 cm³/mol. The fourth-order valence-corrected chi connectivity index (χ4v) is 3.80. The second-order valence-corrected chi connectivity index (χ2v) is 6.32. The first kappa shape index (κ1) is 12.9. The van der Waals surface area contributed by atoms with E-state index in [9.17, 15) is 9.90 Å². The number of carbonyl (C=O) groups is 1. The lowest BCUT2D eigenvalue weighted by molar-refractivity contribution is -0.180. The second kappa shape index (κ2) is 4.18. The zero-order valence-corrected chi connectivity index (χ0v) is 11.4. The van der Waals surface area contributed by atoms with E-state index in [1.165, 1.54) is 0 Å². The van der Waals surface area contributed by atoms with Crippen molar-refractivity contribution >= 4 is 5.97 Å². The van der Waals surface area contributed by atoms with Gasteiger partial charge in [-0.15, -0.1) is 0 Å². The van der Waals surface area contributed by atoms with Crippen LogP contribution in [0.3, 0.4) is 0 Å². The van der Waals surface area contributed by atoms with Crippen molar-refractivity contribution in [3.63, 3.8) is 0 Å². The Balaban J connectivity index is 1.89. The van der Waals surface area contributed by atoms with Gasteiger partial charge >= 0.3 is 5.97 Å².